The number of carbonyl (C=O) groups excluding carboxylic acids is 1. The van der Waals surface area contributed by atoms with E-state index in [0.717, 1.165) is 24.0 Å². The monoisotopic (exact) mass is 665 g/mol. The molecule has 3 aromatic carbocycles. The highest BCUT2D eigenvalue weighted by atomic mass is 32.2. The van der Waals surface area contributed by atoms with Gasteiger partial charge in [0.1, 0.15) is 33.5 Å². The smallest absolute Gasteiger partial charge is 0.321 e. The number of rotatable bonds is 10. The summed E-state index contributed by atoms with van der Waals surface area (Å²) in [5.41, 5.74) is 2.37. The molecule has 46 heavy (non-hydrogen) atoms. The van der Waals surface area contributed by atoms with Crippen LogP contribution in [0, 0.1) is 12.7 Å². The quantitative estimate of drug-likeness (QED) is 0.224. The highest BCUT2D eigenvalue weighted by Gasteiger charge is 2.46. The van der Waals surface area contributed by atoms with Crippen molar-refractivity contribution in [2.24, 2.45) is 0 Å². The number of nitrogens with zero attached hydrogens (tertiary/aromatic N) is 4. The van der Waals surface area contributed by atoms with Crippen LogP contribution in [0.15, 0.2) is 65.8 Å². The molecule has 2 heterocycles. The number of urea groups is 1. The van der Waals surface area contributed by atoms with Gasteiger partial charge in [-0.05, 0) is 84.6 Å². The van der Waals surface area contributed by atoms with Gasteiger partial charge in [-0.1, -0.05) is 24.3 Å². The topological polar surface area (TPSA) is 114 Å². The van der Waals surface area contributed by atoms with Gasteiger partial charge < -0.3 is 19.7 Å². The van der Waals surface area contributed by atoms with Crippen LogP contribution in [0.4, 0.5) is 14.9 Å². The van der Waals surface area contributed by atoms with E-state index in [-0.39, 0.29) is 29.5 Å². The molecular formula is C33H36FN5O5S2. The molecule has 242 valence electrons. The number of ether oxygens (including phenoxy) is 2. The number of carbonyl (C=O) groups is 1. The number of anilines is 1. The number of sulfonamides is 1. The third-order valence-electron chi connectivity index (χ3n) is 8.92. The molecule has 1 N–H and O–H groups in total. The maximum atomic E-state index is 14.7. The molecule has 2 amide bonds. The maximum absolute atomic E-state index is 14.7. The largest absolute Gasteiger partial charge is 0.497 e. The Hall–Kier alpha value is -4.07. The molecular weight excluding hydrogens is 630 g/mol. The van der Waals surface area contributed by atoms with E-state index in [1.807, 2.05) is 12.1 Å². The molecule has 1 saturated carbocycles. The molecule has 0 radical (unpaired) electrons. The average molecular weight is 666 g/mol. The minimum Gasteiger partial charge on any atom is -0.497 e. The number of methoxy groups -OCH3 is 2. The van der Waals surface area contributed by atoms with Gasteiger partial charge in [0.25, 0.3) is 0 Å². The molecule has 1 aliphatic carbocycles. The highest BCUT2D eigenvalue weighted by Crippen LogP contribution is 2.44. The first-order chi connectivity index (χ1) is 22.1. The second-order valence-electron chi connectivity index (χ2n) is 11.9. The first-order valence-electron chi connectivity index (χ1n) is 15.0. The summed E-state index contributed by atoms with van der Waals surface area (Å²) in [5, 5.41) is 3.62. The third-order valence-corrected chi connectivity index (χ3v) is 11.7. The predicted octanol–water partition coefficient (Wildman–Crippen LogP) is 5.92. The minimum atomic E-state index is -4.05. The first kappa shape index (κ1) is 31.9. The van der Waals surface area contributed by atoms with E-state index in [1.54, 1.807) is 55.3 Å². The molecule has 2 fully saturated rings. The lowest BCUT2D eigenvalue weighted by Crippen LogP contribution is -2.38. The van der Waals surface area contributed by atoms with Gasteiger partial charge in [-0.15, -0.1) is 0 Å². The van der Waals surface area contributed by atoms with Gasteiger partial charge in [-0.25, -0.2) is 22.6 Å². The summed E-state index contributed by atoms with van der Waals surface area (Å²) in [6.45, 7) is 2.34. The fraction of sp³-hybridized carbons (Fsp3) is 0.364. The molecule has 13 heteroatoms. The molecule has 0 unspecified atom stereocenters. The SMILES string of the molecule is COc1ccc(CN(C)S(=O)(=O)c2ccc(C3CC3)cc2NC(=O)N2CC[C@](c3ccc(C)c(F)c3)(c3ncns3)C2)c(OC)c1. The van der Waals surface area contributed by atoms with Gasteiger partial charge in [0.15, 0.2) is 0 Å². The van der Waals surface area contributed by atoms with Crippen molar-refractivity contribution >= 4 is 33.3 Å². The zero-order valence-corrected chi connectivity index (χ0v) is 27.8. The molecule has 1 atom stereocenters. The third kappa shape index (κ3) is 6.06. The Morgan fingerprint density at radius 3 is 2.61 bits per heavy atom. The summed E-state index contributed by atoms with van der Waals surface area (Å²) in [5.74, 6) is 1.10. The van der Waals surface area contributed by atoms with Crippen molar-refractivity contribution < 1.29 is 27.1 Å². The summed E-state index contributed by atoms with van der Waals surface area (Å²) in [4.78, 5) is 20.0. The highest BCUT2D eigenvalue weighted by molar-refractivity contribution is 7.89. The molecule has 0 spiro atoms. The Morgan fingerprint density at radius 2 is 1.93 bits per heavy atom. The van der Waals surface area contributed by atoms with Crippen LogP contribution in [0.3, 0.4) is 0 Å². The van der Waals surface area contributed by atoms with E-state index in [4.69, 9.17) is 9.47 Å². The Bertz CT molecular complexity index is 1870. The first-order valence-corrected chi connectivity index (χ1v) is 17.2. The van der Waals surface area contributed by atoms with Crippen LogP contribution < -0.4 is 14.8 Å². The maximum Gasteiger partial charge on any atom is 0.321 e. The van der Waals surface area contributed by atoms with Crippen molar-refractivity contribution in [1.82, 2.24) is 18.6 Å². The Kier molecular flexibility index (Phi) is 8.75. The number of halogens is 1. The van der Waals surface area contributed by atoms with Crippen molar-refractivity contribution in [3.63, 3.8) is 0 Å². The predicted molar refractivity (Wildman–Crippen MR) is 174 cm³/mol. The Morgan fingerprint density at radius 1 is 1.13 bits per heavy atom. The van der Waals surface area contributed by atoms with Crippen molar-refractivity contribution in [1.29, 1.82) is 0 Å². The Labute approximate surface area is 272 Å². The average Bonchev–Trinajstić information content (AvgIpc) is 3.55. The van der Waals surface area contributed by atoms with Crippen LogP contribution in [-0.2, 0) is 22.0 Å². The molecule has 1 saturated heterocycles. The molecule has 6 rings (SSSR count). The summed E-state index contributed by atoms with van der Waals surface area (Å²) in [6, 6.07) is 15.1. The van der Waals surface area contributed by atoms with Crippen molar-refractivity contribution in [2.75, 3.05) is 39.7 Å². The molecule has 4 aromatic rings. The van der Waals surface area contributed by atoms with Crippen LogP contribution in [0.5, 0.6) is 11.5 Å². The zero-order valence-electron chi connectivity index (χ0n) is 26.1. The number of amides is 2. The van der Waals surface area contributed by atoms with Crippen LogP contribution in [0.1, 0.15) is 52.4 Å². The summed E-state index contributed by atoms with van der Waals surface area (Å²) < 4.78 is 59.0. The Balaban J connectivity index is 1.28. The van der Waals surface area contributed by atoms with Crippen molar-refractivity contribution in [2.45, 2.75) is 49.0 Å². The van der Waals surface area contributed by atoms with Gasteiger partial charge in [0.05, 0.1) is 25.3 Å². The fourth-order valence-corrected chi connectivity index (χ4v) is 8.02. The van der Waals surface area contributed by atoms with Gasteiger partial charge >= 0.3 is 6.03 Å². The van der Waals surface area contributed by atoms with Crippen molar-refractivity contribution in [3.8, 4) is 11.5 Å². The molecule has 0 bridgehead atoms. The number of benzene rings is 3. The number of aromatic nitrogens is 2. The van der Waals surface area contributed by atoms with Crippen LogP contribution in [-0.4, -0.2) is 67.4 Å². The van der Waals surface area contributed by atoms with E-state index < -0.39 is 21.5 Å². The lowest BCUT2D eigenvalue weighted by molar-refractivity contribution is 0.220. The minimum absolute atomic E-state index is 0.00424. The van der Waals surface area contributed by atoms with Gasteiger partial charge in [-0.3, -0.25) is 0 Å². The number of nitrogens with one attached hydrogen (secondary N) is 1. The number of hydrogen-bond donors (Lipinski definition) is 1. The van der Waals surface area contributed by atoms with Crippen molar-refractivity contribution in [3.05, 3.63) is 94.0 Å². The molecule has 1 aliphatic heterocycles. The molecule has 10 nitrogen and oxygen atoms in total. The standard InChI is InChI=1S/C33H36FN5O5S2/c1-21-5-10-25(16-27(21)34)33(31-35-20-36-45-31)13-14-39(19-33)32(40)37-28-15-23(22-6-7-22)9-12-30(28)46(41,42)38(2)18-24-8-11-26(43-3)17-29(24)44-4/h5,8-12,15-17,20,22H,6-7,13-14,18-19H2,1-4H3,(H,37,40)/t33-/m0/s1. The van der Waals surface area contributed by atoms with E-state index >= 15 is 0 Å². The number of likely N-dealkylation sites (tertiary alicyclic amines) is 1. The number of hydrogen-bond acceptors (Lipinski definition) is 8. The van der Waals surface area contributed by atoms with Crippen LogP contribution >= 0.6 is 11.5 Å². The summed E-state index contributed by atoms with van der Waals surface area (Å²) in [6.07, 6.45) is 4.01. The lowest BCUT2D eigenvalue weighted by atomic mass is 9.80. The fourth-order valence-electron chi connectivity index (χ4n) is 6.00. The van der Waals surface area contributed by atoms with Crippen LogP contribution in [0.25, 0.3) is 0 Å². The normalized spacial score (nSPS) is 18.2. The van der Waals surface area contributed by atoms with Gasteiger partial charge in [-0.2, -0.15) is 8.68 Å². The second-order valence-corrected chi connectivity index (χ2v) is 14.7. The second kappa shape index (κ2) is 12.6. The molecule has 2 aliphatic rings. The zero-order chi connectivity index (χ0) is 32.6. The number of aryl methyl sites for hydroxylation is 1. The van der Waals surface area contributed by atoms with E-state index in [2.05, 4.69) is 14.7 Å². The summed E-state index contributed by atoms with van der Waals surface area (Å²) in [7, 11) is 0.509. The summed E-state index contributed by atoms with van der Waals surface area (Å²) >= 11 is 1.23. The van der Waals surface area contributed by atoms with E-state index in [9.17, 15) is 17.6 Å². The van der Waals surface area contributed by atoms with E-state index in [0.29, 0.717) is 46.5 Å². The molecule has 1 aromatic heterocycles. The van der Waals surface area contributed by atoms with Gasteiger partial charge in [0.2, 0.25) is 10.0 Å². The lowest BCUT2D eigenvalue weighted by Gasteiger charge is -2.28. The van der Waals surface area contributed by atoms with Gasteiger partial charge in [0, 0.05) is 38.3 Å². The van der Waals surface area contributed by atoms with E-state index in [1.165, 1.54) is 42.4 Å². The van der Waals surface area contributed by atoms with Crippen LogP contribution in [0.2, 0.25) is 0 Å².